The second-order valence-electron chi connectivity index (χ2n) is 3.10. The van der Waals surface area contributed by atoms with Gasteiger partial charge in [0.1, 0.15) is 0 Å². The maximum Gasteiger partial charge on any atom is 0.180 e. The Morgan fingerprint density at radius 1 is 1.17 bits per heavy atom. The number of halogens is 3. The van der Waals surface area contributed by atoms with Gasteiger partial charge in [-0.1, -0.05) is 19.2 Å². The van der Waals surface area contributed by atoms with E-state index >= 15 is 0 Å². The van der Waals surface area contributed by atoms with Gasteiger partial charge < -0.3 is 0 Å². The second kappa shape index (κ2) is 3.15. The van der Waals surface area contributed by atoms with Crippen molar-refractivity contribution in [2.45, 2.75) is 13.1 Å². The van der Waals surface area contributed by atoms with Crippen molar-refractivity contribution in [1.82, 2.24) is 0 Å². The van der Waals surface area contributed by atoms with Gasteiger partial charge in [0.25, 0.3) is 0 Å². The Kier molecular flexibility index (Phi) is 2.54. The van der Waals surface area contributed by atoms with E-state index in [2.05, 4.69) is 0 Å². The molecule has 0 nitrogen and oxygen atoms in total. The summed E-state index contributed by atoms with van der Waals surface area (Å²) in [5, 5.41) is 0.711. The van der Waals surface area contributed by atoms with Crippen LogP contribution in [0.2, 0.25) is 13.1 Å². The van der Waals surface area contributed by atoms with Crippen LogP contribution in [0.25, 0.3) is 0 Å². The van der Waals surface area contributed by atoms with Crippen molar-refractivity contribution in [3.63, 3.8) is 0 Å². The summed E-state index contributed by atoms with van der Waals surface area (Å²) in [4.78, 5) is 0. The van der Waals surface area contributed by atoms with Crippen LogP contribution in [0.5, 0.6) is 0 Å². The highest BCUT2D eigenvalue weighted by Crippen LogP contribution is 2.10. The van der Waals surface area contributed by atoms with E-state index < -0.39 is 19.0 Å². The highest BCUT2D eigenvalue weighted by atomic mass is 35.6. The highest BCUT2D eigenvalue weighted by Gasteiger charge is 2.21. The van der Waals surface area contributed by atoms with Crippen LogP contribution in [0, 0.1) is 11.6 Å². The first-order chi connectivity index (χ1) is 5.41. The number of benzene rings is 1. The largest absolute Gasteiger partial charge is 0.204 e. The van der Waals surface area contributed by atoms with E-state index in [1.165, 1.54) is 12.1 Å². The summed E-state index contributed by atoms with van der Waals surface area (Å²) >= 11 is 6.03. The van der Waals surface area contributed by atoms with Gasteiger partial charge in [0.15, 0.2) is 19.0 Å². The average Bonchev–Trinajstić information content (AvgIpc) is 1.92. The first kappa shape index (κ1) is 9.67. The topological polar surface area (TPSA) is 0 Å². The molecular weight excluding hydrogens is 198 g/mol. The molecule has 0 N–H and O–H groups in total. The van der Waals surface area contributed by atoms with Crippen molar-refractivity contribution in [2.75, 3.05) is 0 Å². The normalized spacial score (nSPS) is 11.8. The van der Waals surface area contributed by atoms with Gasteiger partial charge in [0, 0.05) is 0 Å². The lowest BCUT2D eigenvalue weighted by Crippen LogP contribution is -2.35. The van der Waals surface area contributed by atoms with E-state index in [1.54, 1.807) is 0 Å². The monoisotopic (exact) mass is 206 g/mol. The molecule has 0 aromatic heterocycles. The third-order valence-electron chi connectivity index (χ3n) is 1.61. The summed E-state index contributed by atoms with van der Waals surface area (Å²) < 4.78 is 25.2. The van der Waals surface area contributed by atoms with Crippen LogP contribution in [-0.2, 0) is 0 Å². The summed E-state index contributed by atoms with van der Waals surface area (Å²) in [7, 11) is -2.02. The molecule has 4 heteroatoms. The van der Waals surface area contributed by atoms with Crippen molar-refractivity contribution in [1.29, 1.82) is 0 Å². The quantitative estimate of drug-likeness (QED) is 0.490. The van der Waals surface area contributed by atoms with E-state index in [0.717, 1.165) is 6.07 Å². The Morgan fingerprint density at radius 3 is 2.17 bits per heavy atom. The summed E-state index contributed by atoms with van der Waals surface area (Å²) in [5.74, 6) is -1.65. The smallest absolute Gasteiger partial charge is 0.180 e. The molecule has 0 amide bonds. The molecule has 1 aromatic carbocycles. The zero-order valence-electron chi connectivity index (χ0n) is 6.87. The Hall–Kier alpha value is -0.413. The molecule has 0 aliphatic rings. The van der Waals surface area contributed by atoms with Crippen LogP contribution in [0.1, 0.15) is 0 Å². The predicted molar refractivity (Wildman–Crippen MR) is 49.3 cm³/mol. The van der Waals surface area contributed by atoms with Crippen LogP contribution in [0.15, 0.2) is 18.2 Å². The minimum Gasteiger partial charge on any atom is -0.204 e. The van der Waals surface area contributed by atoms with Crippen molar-refractivity contribution < 1.29 is 8.78 Å². The van der Waals surface area contributed by atoms with Gasteiger partial charge in [-0.2, -0.15) is 11.1 Å². The minimum absolute atomic E-state index is 0.711. The predicted octanol–water partition coefficient (Wildman–Crippen LogP) is 2.62. The molecule has 0 radical (unpaired) electrons. The number of hydrogen-bond acceptors (Lipinski definition) is 0. The maximum atomic E-state index is 12.7. The fourth-order valence-corrected chi connectivity index (χ4v) is 2.17. The highest BCUT2D eigenvalue weighted by molar-refractivity contribution is 7.26. The van der Waals surface area contributed by atoms with Gasteiger partial charge in [0.2, 0.25) is 0 Å². The molecule has 0 fully saturated rings. The number of hydrogen-bond donors (Lipinski definition) is 0. The van der Waals surface area contributed by atoms with Crippen LogP contribution < -0.4 is 5.19 Å². The van der Waals surface area contributed by atoms with Crippen molar-refractivity contribution in [2.24, 2.45) is 0 Å². The summed E-state index contributed by atoms with van der Waals surface area (Å²) in [6.07, 6.45) is 0. The van der Waals surface area contributed by atoms with E-state index in [-0.39, 0.29) is 0 Å². The molecular formula is C8H9ClF2Si. The van der Waals surface area contributed by atoms with Crippen LogP contribution >= 0.6 is 11.1 Å². The molecule has 0 unspecified atom stereocenters. The molecule has 12 heavy (non-hydrogen) atoms. The van der Waals surface area contributed by atoms with E-state index in [4.69, 9.17) is 11.1 Å². The van der Waals surface area contributed by atoms with Crippen LogP contribution in [-0.4, -0.2) is 7.38 Å². The first-order valence-electron chi connectivity index (χ1n) is 3.55. The third-order valence-corrected chi connectivity index (χ3v) is 3.94. The van der Waals surface area contributed by atoms with Crippen molar-refractivity contribution >= 4 is 23.6 Å². The summed E-state index contributed by atoms with van der Waals surface area (Å²) in [6.45, 7) is 3.72. The summed E-state index contributed by atoms with van der Waals surface area (Å²) in [5.41, 5.74) is 0. The van der Waals surface area contributed by atoms with E-state index in [0.29, 0.717) is 5.19 Å². The lowest BCUT2D eigenvalue weighted by atomic mass is 10.3. The molecule has 1 rings (SSSR count). The molecule has 0 saturated heterocycles. The zero-order chi connectivity index (χ0) is 9.35. The molecule has 66 valence electrons. The molecule has 0 bridgehead atoms. The van der Waals surface area contributed by atoms with Gasteiger partial charge in [0.05, 0.1) is 0 Å². The second-order valence-corrected chi connectivity index (χ2v) is 9.46. The van der Waals surface area contributed by atoms with Gasteiger partial charge in [-0.05, 0) is 17.3 Å². The SMILES string of the molecule is C[Si](C)(Cl)c1ccc(F)c(F)c1. The maximum absolute atomic E-state index is 12.7. The fraction of sp³-hybridized carbons (Fsp3) is 0.250. The van der Waals surface area contributed by atoms with Gasteiger partial charge in [-0.3, -0.25) is 0 Å². The zero-order valence-corrected chi connectivity index (χ0v) is 8.62. The molecule has 0 aliphatic carbocycles. The third kappa shape index (κ3) is 2.05. The number of rotatable bonds is 1. The van der Waals surface area contributed by atoms with Gasteiger partial charge >= 0.3 is 0 Å². The Labute approximate surface area is 75.9 Å². The van der Waals surface area contributed by atoms with Gasteiger partial charge in [-0.15, -0.1) is 0 Å². The molecule has 0 saturated carbocycles. The molecule has 0 aliphatic heterocycles. The molecule has 0 spiro atoms. The van der Waals surface area contributed by atoms with E-state index in [1.807, 2.05) is 13.1 Å². The fourth-order valence-electron chi connectivity index (χ4n) is 0.866. The molecule has 0 atom stereocenters. The summed E-state index contributed by atoms with van der Waals surface area (Å²) in [6, 6.07) is 3.83. The standard InChI is InChI=1S/C8H9ClF2Si/c1-12(2,9)6-3-4-7(10)8(11)5-6/h3-5H,1-2H3. The van der Waals surface area contributed by atoms with Gasteiger partial charge in [-0.25, -0.2) is 8.78 Å². The Balaban J connectivity index is 3.14. The van der Waals surface area contributed by atoms with Crippen molar-refractivity contribution in [3.8, 4) is 0 Å². The lowest BCUT2D eigenvalue weighted by Gasteiger charge is -2.12. The lowest BCUT2D eigenvalue weighted by molar-refractivity contribution is 0.509. The minimum atomic E-state index is -2.02. The first-order valence-corrected chi connectivity index (χ1v) is 7.57. The molecule has 1 aromatic rings. The van der Waals surface area contributed by atoms with Crippen LogP contribution in [0.3, 0.4) is 0 Å². The van der Waals surface area contributed by atoms with Crippen LogP contribution in [0.4, 0.5) is 8.78 Å². The average molecular weight is 207 g/mol. The van der Waals surface area contributed by atoms with E-state index in [9.17, 15) is 8.78 Å². The Morgan fingerprint density at radius 2 is 1.75 bits per heavy atom. The van der Waals surface area contributed by atoms with Crippen molar-refractivity contribution in [3.05, 3.63) is 29.8 Å². The molecule has 0 heterocycles. The Bertz CT molecular complexity index is 294.